The van der Waals surface area contributed by atoms with Gasteiger partial charge in [-0.1, -0.05) is 11.6 Å². The second-order valence-electron chi connectivity index (χ2n) is 3.01. The fourth-order valence-electron chi connectivity index (χ4n) is 1.23. The van der Waals surface area contributed by atoms with Gasteiger partial charge < -0.3 is 9.47 Å². The summed E-state index contributed by atoms with van der Waals surface area (Å²) in [6, 6.07) is 3.90. The molecule has 0 saturated carbocycles. The highest BCUT2D eigenvalue weighted by molar-refractivity contribution is 6.33. The molecule has 0 spiro atoms. The Bertz CT molecular complexity index is 500. The standard InChI is InChI=1S/C11H8ClF2NO3/c1-2-17-10(16)6-3-4-8(18-11(13)14)9(12)7(6)5-15/h3-4,11H,2H2,1H3. The maximum Gasteiger partial charge on any atom is 0.387 e. The zero-order valence-corrected chi connectivity index (χ0v) is 10.0. The lowest BCUT2D eigenvalue weighted by atomic mass is 10.1. The van der Waals surface area contributed by atoms with Crippen LogP contribution in [0.3, 0.4) is 0 Å². The van der Waals surface area contributed by atoms with Crippen molar-refractivity contribution >= 4 is 17.6 Å². The van der Waals surface area contributed by atoms with E-state index in [-0.39, 0.29) is 28.5 Å². The number of esters is 1. The Balaban J connectivity index is 3.21. The number of carbonyl (C=O) groups excluding carboxylic acids is 1. The minimum absolute atomic E-state index is 0.0917. The number of halogens is 3. The predicted molar refractivity (Wildman–Crippen MR) is 58.8 cm³/mol. The van der Waals surface area contributed by atoms with E-state index in [0.717, 1.165) is 12.1 Å². The van der Waals surface area contributed by atoms with E-state index in [1.165, 1.54) is 0 Å². The molecule has 0 bridgehead atoms. The Labute approximate surface area is 107 Å². The Hall–Kier alpha value is -1.87. The second kappa shape index (κ2) is 6.17. The topological polar surface area (TPSA) is 59.3 Å². The van der Waals surface area contributed by atoms with Crippen molar-refractivity contribution in [2.45, 2.75) is 13.5 Å². The monoisotopic (exact) mass is 275 g/mol. The molecule has 1 rings (SSSR count). The van der Waals surface area contributed by atoms with Crippen molar-refractivity contribution in [3.63, 3.8) is 0 Å². The molecule has 96 valence electrons. The fourth-order valence-corrected chi connectivity index (χ4v) is 1.48. The molecule has 18 heavy (non-hydrogen) atoms. The summed E-state index contributed by atoms with van der Waals surface area (Å²) in [6.45, 7) is -1.35. The quantitative estimate of drug-likeness (QED) is 0.793. The smallest absolute Gasteiger partial charge is 0.387 e. The third-order valence-electron chi connectivity index (χ3n) is 1.93. The first-order valence-electron chi connectivity index (χ1n) is 4.85. The number of alkyl halides is 2. The molecule has 1 aromatic rings. The summed E-state index contributed by atoms with van der Waals surface area (Å²) in [5.74, 6) is -1.11. The minimum atomic E-state index is -3.07. The highest BCUT2D eigenvalue weighted by Gasteiger charge is 2.20. The molecular formula is C11H8ClF2NO3. The van der Waals surface area contributed by atoms with Crippen LogP contribution in [0.15, 0.2) is 12.1 Å². The first-order valence-corrected chi connectivity index (χ1v) is 5.23. The summed E-state index contributed by atoms with van der Waals surface area (Å²) >= 11 is 5.71. The van der Waals surface area contributed by atoms with Crippen LogP contribution >= 0.6 is 11.6 Å². The Morgan fingerprint density at radius 1 is 1.56 bits per heavy atom. The maximum atomic E-state index is 12.1. The molecule has 0 saturated heterocycles. The van der Waals surface area contributed by atoms with Crippen LogP contribution in [0.5, 0.6) is 5.75 Å². The molecule has 0 aliphatic rings. The molecule has 4 nitrogen and oxygen atoms in total. The van der Waals surface area contributed by atoms with Crippen molar-refractivity contribution in [1.29, 1.82) is 5.26 Å². The Morgan fingerprint density at radius 2 is 2.22 bits per heavy atom. The van der Waals surface area contributed by atoms with Crippen LogP contribution < -0.4 is 4.74 Å². The largest absolute Gasteiger partial charge is 0.462 e. The van der Waals surface area contributed by atoms with Crippen LogP contribution in [-0.4, -0.2) is 19.2 Å². The van der Waals surface area contributed by atoms with E-state index < -0.39 is 12.6 Å². The van der Waals surface area contributed by atoms with E-state index in [4.69, 9.17) is 21.6 Å². The Morgan fingerprint density at radius 3 is 2.72 bits per heavy atom. The van der Waals surface area contributed by atoms with Crippen LogP contribution in [0.2, 0.25) is 5.02 Å². The fraction of sp³-hybridized carbons (Fsp3) is 0.273. The highest BCUT2D eigenvalue weighted by Crippen LogP contribution is 2.31. The Kier molecular flexibility index (Phi) is 4.86. The van der Waals surface area contributed by atoms with Crippen molar-refractivity contribution in [1.82, 2.24) is 0 Å². The number of carbonyl (C=O) groups is 1. The van der Waals surface area contributed by atoms with Crippen molar-refractivity contribution in [2.24, 2.45) is 0 Å². The van der Waals surface area contributed by atoms with Gasteiger partial charge in [0.1, 0.15) is 16.8 Å². The molecule has 0 unspecified atom stereocenters. The number of rotatable bonds is 4. The van der Waals surface area contributed by atoms with Gasteiger partial charge in [-0.2, -0.15) is 14.0 Å². The molecule has 0 amide bonds. The van der Waals surface area contributed by atoms with Crippen molar-refractivity contribution in [2.75, 3.05) is 6.61 Å². The second-order valence-corrected chi connectivity index (χ2v) is 3.39. The predicted octanol–water partition coefficient (Wildman–Crippen LogP) is 2.99. The molecule has 0 fully saturated rings. The lowest BCUT2D eigenvalue weighted by Gasteiger charge is -2.10. The summed E-state index contributed by atoms with van der Waals surface area (Å²) in [6.07, 6.45) is 0. The van der Waals surface area contributed by atoms with Gasteiger partial charge in [0.05, 0.1) is 17.7 Å². The van der Waals surface area contributed by atoms with Crippen LogP contribution in [0, 0.1) is 11.3 Å². The number of nitriles is 1. The lowest BCUT2D eigenvalue weighted by molar-refractivity contribution is -0.0497. The average Bonchev–Trinajstić information content (AvgIpc) is 2.31. The molecule has 1 aromatic carbocycles. The van der Waals surface area contributed by atoms with E-state index in [2.05, 4.69) is 4.74 Å². The van der Waals surface area contributed by atoms with Crippen molar-refractivity contribution in [3.05, 3.63) is 28.3 Å². The van der Waals surface area contributed by atoms with Gasteiger partial charge in [-0.15, -0.1) is 0 Å². The normalized spacial score (nSPS) is 10.0. The van der Waals surface area contributed by atoms with Crippen LogP contribution in [0.1, 0.15) is 22.8 Å². The molecule has 0 aliphatic heterocycles. The minimum Gasteiger partial charge on any atom is -0.462 e. The van der Waals surface area contributed by atoms with Gasteiger partial charge in [-0.05, 0) is 19.1 Å². The summed E-state index contributed by atoms with van der Waals surface area (Å²) in [5.41, 5.74) is -0.348. The van der Waals surface area contributed by atoms with Gasteiger partial charge >= 0.3 is 12.6 Å². The summed E-state index contributed by atoms with van der Waals surface area (Å²) in [5, 5.41) is 8.55. The van der Waals surface area contributed by atoms with Crippen LogP contribution in [0.4, 0.5) is 8.78 Å². The van der Waals surface area contributed by atoms with Gasteiger partial charge in [-0.3, -0.25) is 0 Å². The summed E-state index contributed by atoms with van der Waals surface area (Å²) < 4.78 is 32.9. The third-order valence-corrected chi connectivity index (χ3v) is 2.30. The SMILES string of the molecule is CCOC(=O)c1ccc(OC(F)F)c(Cl)c1C#N. The number of hydrogen-bond acceptors (Lipinski definition) is 4. The average molecular weight is 276 g/mol. The third kappa shape index (κ3) is 3.08. The van der Waals surface area contributed by atoms with E-state index in [1.807, 2.05) is 0 Å². The molecule has 0 atom stereocenters. The molecule has 0 aliphatic carbocycles. The van der Waals surface area contributed by atoms with E-state index in [9.17, 15) is 13.6 Å². The first-order chi connectivity index (χ1) is 8.51. The number of hydrogen-bond donors (Lipinski definition) is 0. The maximum absolute atomic E-state index is 12.1. The van der Waals surface area contributed by atoms with Crippen molar-refractivity contribution < 1.29 is 23.0 Å². The number of ether oxygens (including phenoxy) is 2. The summed E-state index contributed by atoms with van der Waals surface area (Å²) in [7, 11) is 0. The van der Waals surface area contributed by atoms with E-state index in [1.54, 1.807) is 13.0 Å². The van der Waals surface area contributed by atoms with Crippen LogP contribution in [0.25, 0.3) is 0 Å². The van der Waals surface area contributed by atoms with E-state index >= 15 is 0 Å². The van der Waals surface area contributed by atoms with Gasteiger partial charge in [-0.25, -0.2) is 4.79 Å². The van der Waals surface area contributed by atoms with Gasteiger partial charge in [0.15, 0.2) is 0 Å². The van der Waals surface area contributed by atoms with Gasteiger partial charge in [0.25, 0.3) is 0 Å². The molecule has 0 heterocycles. The van der Waals surface area contributed by atoms with Crippen LogP contribution in [-0.2, 0) is 4.74 Å². The van der Waals surface area contributed by atoms with Gasteiger partial charge in [0.2, 0.25) is 0 Å². The molecule has 0 N–H and O–H groups in total. The number of benzene rings is 1. The highest BCUT2D eigenvalue weighted by atomic mass is 35.5. The number of nitrogens with zero attached hydrogens (tertiary/aromatic N) is 1. The van der Waals surface area contributed by atoms with E-state index in [0.29, 0.717) is 0 Å². The molecule has 0 aromatic heterocycles. The molecule has 0 radical (unpaired) electrons. The summed E-state index contributed by atoms with van der Waals surface area (Å²) in [4.78, 5) is 11.5. The molecular weight excluding hydrogens is 268 g/mol. The molecule has 7 heteroatoms. The lowest BCUT2D eigenvalue weighted by Crippen LogP contribution is -2.09. The zero-order valence-electron chi connectivity index (χ0n) is 9.25. The van der Waals surface area contributed by atoms with Gasteiger partial charge in [0, 0.05) is 0 Å². The zero-order chi connectivity index (χ0) is 13.7. The van der Waals surface area contributed by atoms with Crippen molar-refractivity contribution in [3.8, 4) is 11.8 Å². The first kappa shape index (κ1) is 14.2.